The number of rotatable bonds is 5. The van der Waals surface area contributed by atoms with E-state index in [1.807, 2.05) is 19.1 Å². The van der Waals surface area contributed by atoms with Crippen LogP contribution in [0.2, 0.25) is 0 Å². The first kappa shape index (κ1) is 20.1. The van der Waals surface area contributed by atoms with Gasteiger partial charge in [-0.1, -0.05) is 38.1 Å². The molecular weight excluding hydrogens is 356 g/mol. The van der Waals surface area contributed by atoms with E-state index in [2.05, 4.69) is 36.4 Å². The highest BCUT2D eigenvalue weighted by atomic mass is 16.5. The quantitative estimate of drug-likeness (QED) is 0.859. The minimum absolute atomic E-state index is 0.151. The molecule has 28 heavy (non-hydrogen) atoms. The highest BCUT2D eigenvalue weighted by Crippen LogP contribution is 2.19. The van der Waals surface area contributed by atoms with Crippen molar-refractivity contribution in [3.8, 4) is 0 Å². The van der Waals surface area contributed by atoms with Gasteiger partial charge in [-0.15, -0.1) is 0 Å². The molecule has 0 aliphatic carbocycles. The summed E-state index contributed by atoms with van der Waals surface area (Å²) in [6, 6.07) is 9.66. The number of aryl methyl sites for hydroxylation is 1. The van der Waals surface area contributed by atoms with Crippen LogP contribution in [0.25, 0.3) is 0 Å². The lowest BCUT2D eigenvalue weighted by Gasteiger charge is -2.25. The zero-order valence-electron chi connectivity index (χ0n) is 16.9. The van der Waals surface area contributed by atoms with Crippen LogP contribution in [0.4, 0.5) is 0 Å². The molecule has 0 bridgehead atoms. The van der Waals surface area contributed by atoms with Crippen LogP contribution in [0, 0.1) is 0 Å². The van der Waals surface area contributed by atoms with E-state index in [0.717, 1.165) is 5.56 Å². The molecule has 1 N–H and O–H groups in total. The van der Waals surface area contributed by atoms with Crippen LogP contribution in [-0.4, -0.2) is 52.8 Å². The van der Waals surface area contributed by atoms with Crippen LogP contribution in [0.15, 0.2) is 30.3 Å². The lowest BCUT2D eigenvalue weighted by Crippen LogP contribution is -2.40. The standard InChI is InChI=1S/C21H28N4O3/c1-14(2)16-5-7-17(8-6-16)15(3)22-20(26)19-13-18(23-24(19)4)21(27)25-9-11-28-12-10-25/h5-8,13-15H,9-12H2,1-4H3,(H,22,26)/t15-/m0/s1. The summed E-state index contributed by atoms with van der Waals surface area (Å²) in [4.78, 5) is 27.0. The molecular formula is C21H28N4O3. The molecule has 0 saturated carbocycles. The summed E-state index contributed by atoms with van der Waals surface area (Å²) >= 11 is 0. The molecule has 7 heteroatoms. The van der Waals surface area contributed by atoms with Crippen LogP contribution in [0.5, 0.6) is 0 Å². The topological polar surface area (TPSA) is 76.5 Å². The number of carbonyl (C=O) groups excluding carboxylic acids is 2. The highest BCUT2D eigenvalue weighted by Gasteiger charge is 2.24. The summed E-state index contributed by atoms with van der Waals surface area (Å²) < 4.78 is 6.73. The maximum absolute atomic E-state index is 12.7. The van der Waals surface area contributed by atoms with E-state index in [4.69, 9.17) is 4.74 Å². The number of hydrogen-bond donors (Lipinski definition) is 1. The number of benzene rings is 1. The summed E-state index contributed by atoms with van der Waals surface area (Å²) in [5.41, 5.74) is 2.94. The Morgan fingerprint density at radius 3 is 2.29 bits per heavy atom. The average molecular weight is 384 g/mol. The first-order valence-electron chi connectivity index (χ1n) is 9.68. The van der Waals surface area contributed by atoms with Crippen molar-refractivity contribution in [2.24, 2.45) is 7.05 Å². The molecule has 3 rings (SSSR count). The third kappa shape index (κ3) is 4.42. The largest absolute Gasteiger partial charge is 0.378 e. The Hall–Kier alpha value is -2.67. The first-order valence-corrected chi connectivity index (χ1v) is 9.68. The molecule has 1 aliphatic rings. The van der Waals surface area contributed by atoms with Gasteiger partial charge in [0.25, 0.3) is 11.8 Å². The van der Waals surface area contributed by atoms with Gasteiger partial charge in [-0.2, -0.15) is 5.10 Å². The van der Waals surface area contributed by atoms with Crippen molar-refractivity contribution in [1.29, 1.82) is 0 Å². The molecule has 7 nitrogen and oxygen atoms in total. The van der Waals surface area contributed by atoms with Crippen LogP contribution < -0.4 is 5.32 Å². The van der Waals surface area contributed by atoms with E-state index in [0.29, 0.717) is 37.9 Å². The van der Waals surface area contributed by atoms with E-state index in [-0.39, 0.29) is 23.6 Å². The van der Waals surface area contributed by atoms with Crippen molar-refractivity contribution in [2.45, 2.75) is 32.7 Å². The van der Waals surface area contributed by atoms with Crippen LogP contribution >= 0.6 is 0 Å². The minimum Gasteiger partial charge on any atom is -0.378 e. The lowest BCUT2D eigenvalue weighted by molar-refractivity contribution is 0.0298. The number of ether oxygens (including phenoxy) is 1. The normalized spacial score (nSPS) is 15.5. The minimum atomic E-state index is -0.253. The Bertz CT molecular complexity index is 836. The maximum Gasteiger partial charge on any atom is 0.274 e. The summed E-state index contributed by atoms with van der Waals surface area (Å²) in [5.74, 6) is 0.0440. The number of amides is 2. The van der Waals surface area contributed by atoms with Gasteiger partial charge in [-0.25, -0.2) is 0 Å². The molecule has 2 aromatic rings. The van der Waals surface area contributed by atoms with Crippen molar-refractivity contribution in [3.05, 3.63) is 52.8 Å². The van der Waals surface area contributed by atoms with Crippen LogP contribution in [-0.2, 0) is 11.8 Å². The van der Waals surface area contributed by atoms with Gasteiger partial charge in [0.15, 0.2) is 5.69 Å². The van der Waals surface area contributed by atoms with Gasteiger partial charge in [0.1, 0.15) is 5.69 Å². The average Bonchev–Trinajstić information content (AvgIpc) is 3.09. The van der Waals surface area contributed by atoms with Crippen molar-refractivity contribution in [2.75, 3.05) is 26.3 Å². The van der Waals surface area contributed by atoms with Crippen molar-refractivity contribution < 1.29 is 14.3 Å². The number of nitrogens with zero attached hydrogens (tertiary/aromatic N) is 3. The third-order valence-corrected chi connectivity index (χ3v) is 5.08. The number of carbonyl (C=O) groups is 2. The summed E-state index contributed by atoms with van der Waals surface area (Å²) in [5, 5.41) is 7.23. The zero-order valence-corrected chi connectivity index (χ0v) is 16.9. The number of nitrogens with one attached hydrogen (secondary N) is 1. The number of morpholine rings is 1. The Kier molecular flexibility index (Phi) is 6.14. The third-order valence-electron chi connectivity index (χ3n) is 5.08. The Morgan fingerprint density at radius 1 is 1.07 bits per heavy atom. The zero-order chi connectivity index (χ0) is 20.3. The predicted octanol–water partition coefficient (Wildman–Crippen LogP) is 2.51. The Balaban J connectivity index is 1.68. The summed E-state index contributed by atoms with van der Waals surface area (Å²) in [6.07, 6.45) is 0. The molecule has 0 spiro atoms. The van der Waals surface area contributed by atoms with Gasteiger partial charge >= 0.3 is 0 Å². The van der Waals surface area contributed by atoms with E-state index in [1.165, 1.54) is 10.2 Å². The molecule has 1 saturated heterocycles. The molecule has 1 atom stereocenters. The van der Waals surface area contributed by atoms with Crippen molar-refractivity contribution in [1.82, 2.24) is 20.0 Å². The molecule has 150 valence electrons. The van der Waals surface area contributed by atoms with E-state index in [1.54, 1.807) is 18.0 Å². The molecule has 1 fully saturated rings. The fourth-order valence-electron chi connectivity index (χ4n) is 3.24. The monoisotopic (exact) mass is 384 g/mol. The molecule has 2 amide bonds. The highest BCUT2D eigenvalue weighted by molar-refractivity contribution is 5.98. The number of aromatic nitrogens is 2. The Morgan fingerprint density at radius 2 is 1.68 bits per heavy atom. The molecule has 1 aromatic carbocycles. The van der Waals surface area contributed by atoms with Gasteiger partial charge in [-0.3, -0.25) is 14.3 Å². The summed E-state index contributed by atoms with van der Waals surface area (Å²) in [6.45, 7) is 8.38. The predicted molar refractivity (Wildman–Crippen MR) is 106 cm³/mol. The Labute approximate surface area is 165 Å². The van der Waals surface area contributed by atoms with Crippen LogP contribution in [0.1, 0.15) is 64.8 Å². The number of hydrogen-bond acceptors (Lipinski definition) is 4. The van der Waals surface area contributed by atoms with Gasteiger partial charge in [-0.05, 0) is 24.0 Å². The lowest BCUT2D eigenvalue weighted by atomic mass is 9.99. The molecule has 1 aromatic heterocycles. The smallest absolute Gasteiger partial charge is 0.274 e. The van der Waals surface area contributed by atoms with Gasteiger partial charge < -0.3 is 15.0 Å². The summed E-state index contributed by atoms with van der Waals surface area (Å²) in [7, 11) is 1.67. The van der Waals surface area contributed by atoms with Crippen LogP contribution in [0.3, 0.4) is 0 Å². The SMILES string of the molecule is CC(C)c1ccc([C@H](C)NC(=O)c2cc(C(=O)N3CCOCC3)nn2C)cc1. The van der Waals surface area contributed by atoms with Crippen molar-refractivity contribution >= 4 is 11.8 Å². The molecule has 1 aliphatic heterocycles. The molecule has 0 unspecified atom stereocenters. The van der Waals surface area contributed by atoms with Gasteiger partial charge in [0, 0.05) is 26.2 Å². The second-order valence-corrected chi connectivity index (χ2v) is 7.46. The van der Waals surface area contributed by atoms with Crippen molar-refractivity contribution in [3.63, 3.8) is 0 Å². The fraction of sp³-hybridized carbons (Fsp3) is 0.476. The molecule has 0 radical (unpaired) electrons. The van der Waals surface area contributed by atoms with E-state index >= 15 is 0 Å². The second kappa shape index (κ2) is 8.56. The maximum atomic E-state index is 12.7. The van der Waals surface area contributed by atoms with E-state index < -0.39 is 0 Å². The first-order chi connectivity index (χ1) is 13.4. The fourth-order valence-corrected chi connectivity index (χ4v) is 3.24. The second-order valence-electron chi connectivity index (χ2n) is 7.46. The molecule has 2 heterocycles. The van der Waals surface area contributed by atoms with Gasteiger partial charge in [0.2, 0.25) is 0 Å². The van der Waals surface area contributed by atoms with Gasteiger partial charge in [0.05, 0.1) is 19.3 Å². The van der Waals surface area contributed by atoms with E-state index in [9.17, 15) is 9.59 Å².